The van der Waals surface area contributed by atoms with Gasteiger partial charge in [-0.3, -0.25) is 4.98 Å². The van der Waals surface area contributed by atoms with Gasteiger partial charge >= 0.3 is 0 Å². The highest BCUT2D eigenvalue weighted by molar-refractivity contribution is 7.91. The Hall–Kier alpha value is -3.24. The highest BCUT2D eigenvalue weighted by Crippen LogP contribution is 2.34. The van der Waals surface area contributed by atoms with Crippen LogP contribution in [0.15, 0.2) is 47.6 Å². The summed E-state index contributed by atoms with van der Waals surface area (Å²) < 4.78 is 26.6. The van der Waals surface area contributed by atoms with Crippen LogP contribution in [-0.2, 0) is 9.73 Å². The van der Waals surface area contributed by atoms with Gasteiger partial charge in [0.05, 0.1) is 21.0 Å². The summed E-state index contributed by atoms with van der Waals surface area (Å²) in [5.41, 5.74) is 4.54. The highest BCUT2D eigenvalue weighted by atomic mass is 32.2. The monoisotopic (exact) mass is 392 g/mol. The molecule has 0 aliphatic heterocycles. The second kappa shape index (κ2) is 7.41. The maximum atomic E-state index is 12.5. The first-order valence-corrected chi connectivity index (χ1v) is 10.5. The van der Waals surface area contributed by atoms with Crippen molar-refractivity contribution >= 4 is 9.73 Å². The lowest BCUT2D eigenvalue weighted by Gasteiger charge is -2.16. The number of benzene rings is 1. The molecule has 0 radical (unpaired) electrons. The van der Waals surface area contributed by atoms with Crippen molar-refractivity contribution in [3.63, 3.8) is 0 Å². The predicted molar refractivity (Wildman–Crippen MR) is 108 cm³/mol. The number of aromatic nitrogens is 2. The molecule has 2 heterocycles. The minimum Gasteiger partial charge on any atom is -0.437 e. The zero-order valence-corrected chi connectivity index (χ0v) is 16.9. The minimum absolute atomic E-state index is 0.123. The van der Waals surface area contributed by atoms with Gasteiger partial charge in [0.25, 0.3) is 0 Å². The zero-order chi connectivity index (χ0) is 20.5. The van der Waals surface area contributed by atoms with Crippen LogP contribution in [0.5, 0.6) is 11.6 Å². The first-order valence-electron chi connectivity index (χ1n) is 8.55. The molecule has 0 aliphatic rings. The molecule has 1 N–H and O–H groups in total. The highest BCUT2D eigenvalue weighted by Gasteiger charge is 2.18. The summed E-state index contributed by atoms with van der Waals surface area (Å²) in [7, 11) is -3.05. The average Bonchev–Trinajstić information content (AvgIpc) is 2.63. The molecule has 6 nitrogen and oxygen atoms in total. The predicted octanol–water partition coefficient (Wildman–Crippen LogP) is 4.77. The lowest BCUT2D eigenvalue weighted by atomic mass is 10.1. The molecule has 2 aromatic heterocycles. The number of nitrogens with one attached hydrogen (secondary N) is 1. The van der Waals surface area contributed by atoms with Gasteiger partial charge in [-0.15, -0.1) is 0 Å². The van der Waals surface area contributed by atoms with E-state index >= 15 is 0 Å². The van der Waals surface area contributed by atoms with Gasteiger partial charge in [0.2, 0.25) is 5.88 Å². The van der Waals surface area contributed by atoms with Crippen LogP contribution in [0.25, 0.3) is 11.3 Å². The largest absolute Gasteiger partial charge is 0.437 e. The van der Waals surface area contributed by atoms with Crippen molar-refractivity contribution in [3.05, 3.63) is 65.0 Å². The van der Waals surface area contributed by atoms with Crippen molar-refractivity contribution in [2.45, 2.75) is 25.7 Å². The third-order valence-electron chi connectivity index (χ3n) is 4.21. The van der Waals surface area contributed by atoms with Crippen molar-refractivity contribution in [1.82, 2.24) is 9.97 Å². The molecule has 0 saturated carbocycles. The van der Waals surface area contributed by atoms with Crippen molar-refractivity contribution in [3.8, 4) is 29.0 Å². The molecule has 1 atom stereocenters. The summed E-state index contributed by atoms with van der Waals surface area (Å²) in [6.07, 6.45) is 4.40. The van der Waals surface area contributed by atoms with Crippen LogP contribution in [-0.4, -0.2) is 20.4 Å². The minimum atomic E-state index is -3.05. The molecular formula is C21H20N4O2S. The summed E-state index contributed by atoms with van der Waals surface area (Å²) in [6.45, 7) is 5.87. The molecule has 0 aliphatic carbocycles. The van der Waals surface area contributed by atoms with Crippen LogP contribution >= 0.6 is 0 Å². The number of aryl methyl sites for hydroxylation is 3. The molecule has 28 heavy (non-hydrogen) atoms. The van der Waals surface area contributed by atoms with Gasteiger partial charge in [0, 0.05) is 24.2 Å². The Balaban J connectivity index is 2.16. The van der Waals surface area contributed by atoms with E-state index in [-0.39, 0.29) is 10.8 Å². The smallest absolute Gasteiger partial charge is 0.237 e. The molecule has 0 saturated heterocycles. The van der Waals surface area contributed by atoms with Crippen molar-refractivity contribution < 1.29 is 8.95 Å². The summed E-state index contributed by atoms with van der Waals surface area (Å²) in [5, 5.41) is 9.09. The Bertz CT molecular complexity index is 1190. The topological polar surface area (TPSA) is 99.7 Å². The molecule has 0 spiro atoms. The van der Waals surface area contributed by atoms with Crippen molar-refractivity contribution in [1.29, 1.82) is 10.0 Å². The number of rotatable bonds is 4. The molecule has 1 unspecified atom stereocenters. The zero-order valence-electron chi connectivity index (χ0n) is 16.1. The molecule has 0 bridgehead atoms. The Morgan fingerprint density at radius 1 is 1.11 bits per heavy atom. The van der Waals surface area contributed by atoms with Gasteiger partial charge in [0.15, 0.2) is 0 Å². The van der Waals surface area contributed by atoms with Crippen LogP contribution in [0.4, 0.5) is 0 Å². The number of nitrogens with zero attached hydrogens (tertiary/aromatic N) is 3. The lowest BCUT2D eigenvalue weighted by Crippen LogP contribution is -2.03. The van der Waals surface area contributed by atoms with Gasteiger partial charge < -0.3 is 4.74 Å². The van der Waals surface area contributed by atoms with Crippen LogP contribution in [0, 0.1) is 36.9 Å². The quantitative estimate of drug-likeness (QED) is 0.689. The standard InChI is InChI=1S/C21H20N4O2S/c1-13-7-14(2)20(15(3)8-13)27-21-19(28(4,23)26)6-5-18(25-21)17-9-16(10-22)11-24-12-17/h5-9,11-12,23H,1-4H3. The Kier molecular flexibility index (Phi) is 5.16. The average molecular weight is 392 g/mol. The van der Waals surface area contributed by atoms with Gasteiger partial charge in [-0.2, -0.15) is 5.26 Å². The van der Waals surface area contributed by atoms with E-state index < -0.39 is 9.73 Å². The second-order valence-corrected chi connectivity index (χ2v) is 8.87. The molecule has 0 fully saturated rings. The number of pyridine rings is 2. The van der Waals surface area contributed by atoms with E-state index in [0.29, 0.717) is 22.6 Å². The molecular weight excluding hydrogens is 372 g/mol. The Morgan fingerprint density at radius 3 is 2.39 bits per heavy atom. The summed E-state index contributed by atoms with van der Waals surface area (Å²) in [6, 6.07) is 11.0. The molecule has 3 rings (SSSR count). The second-order valence-electron chi connectivity index (χ2n) is 6.75. The summed E-state index contributed by atoms with van der Waals surface area (Å²) >= 11 is 0. The van der Waals surface area contributed by atoms with E-state index in [4.69, 9.17) is 14.8 Å². The van der Waals surface area contributed by atoms with E-state index in [1.165, 1.54) is 12.5 Å². The third kappa shape index (κ3) is 4.02. The Labute approximate surface area is 164 Å². The van der Waals surface area contributed by atoms with Crippen molar-refractivity contribution in [2.24, 2.45) is 0 Å². The van der Waals surface area contributed by atoms with E-state index in [1.54, 1.807) is 24.4 Å². The maximum Gasteiger partial charge on any atom is 0.237 e. The fraction of sp³-hybridized carbons (Fsp3) is 0.190. The van der Waals surface area contributed by atoms with Gasteiger partial charge in [-0.05, 0) is 50.1 Å². The van der Waals surface area contributed by atoms with Crippen LogP contribution in [0.3, 0.4) is 0 Å². The van der Waals surface area contributed by atoms with E-state index in [0.717, 1.165) is 16.7 Å². The normalized spacial score (nSPS) is 12.8. The molecule has 3 aromatic rings. The summed E-state index contributed by atoms with van der Waals surface area (Å²) in [5.74, 6) is 0.751. The number of hydrogen-bond donors (Lipinski definition) is 1. The molecule has 142 valence electrons. The van der Waals surface area contributed by atoms with Crippen LogP contribution in [0.2, 0.25) is 0 Å². The first kappa shape index (κ1) is 19.5. The van der Waals surface area contributed by atoms with E-state index in [9.17, 15) is 4.21 Å². The summed E-state index contributed by atoms with van der Waals surface area (Å²) in [4.78, 5) is 8.79. The van der Waals surface area contributed by atoms with E-state index in [1.807, 2.05) is 39.0 Å². The maximum absolute atomic E-state index is 12.5. The lowest BCUT2D eigenvalue weighted by molar-refractivity contribution is 0.443. The molecule has 1 aromatic carbocycles. The number of ether oxygens (including phenoxy) is 1. The van der Waals surface area contributed by atoms with Crippen LogP contribution in [0.1, 0.15) is 22.3 Å². The number of hydrogen-bond acceptors (Lipinski definition) is 6. The Morgan fingerprint density at radius 2 is 1.79 bits per heavy atom. The number of nitriles is 1. The fourth-order valence-electron chi connectivity index (χ4n) is 3.02. The third-order valence-corrected chi connectivity index (χ3v) is 5.36. The molecule has 0 amide bonds. The van der Waals surface area contributed by atoms with E-state index in [2.05, 4.69) is 9.97 Å². The fourth-order valence-corrected chi connectivity index (χ4v) is 3.77. The van der Waals surface area contributed by atoms with Gasteiger partial charge in [-0.1, -0.05) is 17.7 Å². The van der Waals surface area contributed by atoms with Gasteiger partial charge in [0.1, 0.15) is 16.7 Å². The van der Waals surface area contributed by atoms with Crippen molar-refractivity contribution in [2.75, 3.05) is 6.26 Å². The molecule has 7 heteroatoms. The first-order chi connectivity index (χ1) is 13.2. The van der Waals surface area contributed by atoms with Gasteiger partial charge in [-0.25, -0.2) is 14.0 Å². The SMILES string of the molecule is Cc1cc(C)c(Oc2nc(-c3cncc(C#N)c3)ccc2S(C)(=N)=O)c(C)c1. The van der Waals surface area contributed by atoms with Crippen LogP contribution < -0.4 is 4.74 Å².